The Kier molecular flexibility index (Phi) is 5.92. The molecule has 0 aromatic heterocycles. The molecule has 6 nitrogen and oxygen atoms in total. The van der Waals surface area contributed by atoms with Gasteiger partial charge in [-0.25, -0.2) is 8.42 Å². The maximum atomic E-state index is 12.5. The Morgan fingerprint density at radius 1 is 0.917 bits per heavy atom. The Morgan fingerprint density at radius 2 is 1.58 bits per heavy atom. The normalized spacial score (nSPS) is 11.0. The van der Waals surface area contributed by atoms with Crippen LogP contribution in [0, 0.1) is 0 Å². The van der Waals surface area contributed by atoms with Crippen molar-refractivity contribution >= 4 is 15.7 Å². The van der Waals surface area contributed by atoms with Crippen LogP contribution in [0.4, 0.5) is 5.69 Å². The van der Waals surface area contributed by atoms with Gasteiger partial charge in [-0.3, -0.25) is 4.72 Å². The van der Waals surface area contributed by atoms with Crippen LogP contribution >= 0.6 is 0 Å². The zero-order chi connectivity index (χ0) is 17.6. The van der Waals surface area contributed by atoms with Crippen LogP contribution in [-0.2, 0) is 10.0 Å². The van der Waals surface area contributed by atoms with Crippen molar-refractivity contribution in [1.82, 2.24) is 0 Å². The largest absolute Gasteiger partial charge is 0.494 e. The zero-order valence-electron chi connectivity index (χ0n) is 13.9. The van der Waals surface area contributed by atoms with Crippen LogP contribution in [0.15, 0.2) is 47.4 Å². The van der Waals surface area contributed by atoms with Crippen LogP contribution in [0.25, 0.3) is 0 Å². The van der Waals surface area contributed by atoms with Crippen molar-refractivity contribution in [1.29, 1.82) is 0 Å². The summed E-state index contributed by atoms with van der Waals surface area (Å²) in [6, 6.07) is 11.1. The van der Waals surface area contributed by atoms with E-state index in [1.54, 1.807) is 30.3 Å². The van der Waals surface area contributed by atoms with Crippen LogP contribution in [0.3, 0.4) is 0 Å². The molecule has 2 aromatic carbocycles. The molecule has 2 aromatic rings. The van der Waals surface area contributed by atoms with E-state index in [4.69, 9.17) is 14.2 Å². The van der Waals surface area contributed by atoms with Crippen LogP contribution < -0.4 is 18.9 Å². The molecule has 0 heterocycles. The first-order valence-corrected chi connectivity index (χ1v) is 9.05. The summed E-state index contributed by atoms with van der Waals surface area (Å²) >= 11 is 0. The summed E-state index contributed by atoms with van der Waals surface area (Å²) in [6.07, 6.45) is 0. The lowest BCUT2D eigenvalue weighted by atomic mass is 10.3. The topological polar surface area (TPSA) is 73.9 Å². The molecule has 0 radical (unpaired) electrons. The molecular formula is C17H21NO5S. The van der Waals surface area contributed by atoms with Gasteiger partial charge in [-0.15, -0.1) is 0 Å². The van der Waals surface area contributed by atoms with Gasteiger partial charge in [0, 0.05) is 6.07 Å². The summed E-state index contributed by atoms with van der Waals surface area (Å²) in [6.45, 7) is 4.75. The predicted octanol–water partition coefficient (Wildman–Crippen LogP) is 3.29. The highest BCUT2D eigenvalue weighted by Crippen LogP contribution is 2.31. The molecule has 0 aliphatic rings. The first-order valence-electron chi connectivity index (χ1n) is 7.56. The molecule has 0 aliphatic carbocycles. The van der Waals surface area contributed by atoms with Gasteiger partial charge in [-0.1, -0.05) is 0 Å². The number of nitrogens with one attached hydrogen (secondary N) is 1. The van der Waals surface area contributed by atoms with E-state index in [0.717, 1.165) is 0 Å². The molecule has 0 atom stereocenters. The predicted molar refractivity (Wildman–Crippen MR) is 92.6 cm³/mol. The third-order valence-corrected chi connectivity index (χ3v) is 4.56. The Morgan fingerprint density at radius 3 is 2.17 bits per heavy atom. The van der Waals surface area contributed by atoms with E-state index in [0.29, 0.717) is 36.1 Å². The fraction of sp³-hybridized carbons (Fsp3) is 0.294. The number of rotatable bonds is 8. The van der Waals surface area contributed by atoms with E-state index in [2.05, 4.69) is 4.72 Å². The SMILES string of the molecule is CCOc1ccc(S(=O)(=O)Nc2ccc(OCC)c(OC)c2)cc1. The summed E-state index contributed by atoms with van der Waals surface area (Å²) in [4.78, 5) is 0.152. The lowest BCUT2D eigenvalue weighted by molar-refractivity contribution is 0.311. The lowest BCUT2D eigenvalue weighted by Gasteiger charge is -2.13. The van der Waals surface area contributed by atoms with Gasteiger partial charge in [-0.2, -0.15) is 0 Å². The molecule has 130 valence electrons. The maximum absolute atomic E-state index is 12.5. The van der Waals surface area contributed by atoms with Crippen molar-refractivity contribution in [2.45, 2.75) is 18.7 Å². The Labute approximate surface area is 142 Å². The average Bonchev–Trinajstić information content (AvgIpc) is 2.57. The molecular weight excluding hydrogens is 330 g/mol. The first-order chi connectivity index (χ1) is 11.5. The van der Waals surface area contributed by atoms with E-state index in [9.17, 15) is 8.42 Å². The van der Waals surface area contributed by atoms with E-state index in [-0.39, 0.29) is 4.90 Å². The number of methoxy groups -OCH3 is 1. The summed E-state index contributed by atoms with van der Waals surface area (Å²) in [5.74, 6) is 1.65. The minimum atomic E-state index is -3.70. The van der Waals surface area contributed by atoms with E-state index in [1.807, 2.05) is 13.8 Å². The lowest BCUT2D eigenvalue weighted by Crippen LogP contribution is -2.13. The number of hydrogen-bond donors (Lipinski definition) is 1. The van der Waals surface area contributed by atoms with Gasteiger partial charge in [0.25, 0.3) is 10.0 Å². The molecule has 0 saturated carbocycles. The van der Waals surface area contributed by atoms with Crippen molar-refractivity contribution in [3.8, 4) is 17.2 Å². The smallest absolute Gasteiger partial charge is 0.261 e. The number of sulfonamides is 1. The quantitative estimate of drug-likeness (QED) is 0.790. The fourth-order valence-corrected chi connectivity index (χ4v) is 3.15. The number of anilines is 1. The second-order valence-electron chi connectivity index (χ2n) is 4.81. The van der Waals surface area contributed by atoms with Gasteiger partial charge < -0.3 is 14.2 Å². The fourth-order valence-electron chi connectivity index (χ4n) is 2.10. The molecule has 0 saturated heterocycles. The van der Waals surface area contributed by atoms with Crippen molar-refractivity contribution < 1.29 is 22.6 Å². The van der Waals surface area contributed by atoms with Crippen molar-refractivity contribution in [2.24, 2.45) is 0 Å². The van der Waals surface area contributed by atoms with Gasteiger partial charge in [0.2, 0.25) is 0 Å². The highest BCUT2D eigenvalue weighted by molar-refractivity contribution is 7.92. The molecule has 1 N–H and O–H groups in total. The summed E-state index contributed by atoms with van der Waals surface area (Å²) in [7, 11) is -2.19. The third kappa shape index (κ3) is 4.32. The van der Waals surface area contributed by atoms with Crippen LogP contribution in [0.5, 0.6) is 17.2 Å². The minimum absolute atomic E-state index is 0.152. The number of ether oxygens (including phenoxy) is 3. The first kappa shape index (κ1) is 17.9. The maximum Gasteiger partial charge on any atom is 0.261 e. The number of benzene rings is 2. The molecule has 7 heteroatoms. The third-order valence-electron chi connectivity index (χ3n) is 3.16. The molecule has 2 rings (SSSR count). The van der Waals surface area contributed by atoms with Gasteiger partial charge in [0.15, 0.2) is 11.5 Å². The Bertz CT molecular complexity index is 772. The second-order valence-corrected chi connectivity index (χ2v) is 6.49. The van der Waals surface area contributed by atoms with Crippen LogP contribution in [-0.4, -0.2) is 28.7 Å². The molecule has 0 amide bonds. The van der Waals surface area contributed by atoms with Crippen molar-refractivity contribution in [3.05, 3.63) is 42.5 Å². The standard InChI is InChI=1S/C17H21NO5S/c1-4-22-14-7-9-15(10-8-14)24(19,20)18-13-6-11-16(23-5-2)17(12-13)21-3/h6-12,18H,4-5H2,1-3H3. The monoisotopic (exact) mass is 351 g/mol. The summed E-state index contributed by atoms with van der Waals surface area (Å²) < 4.78 is 43.4. The number of hydrogen-bond acceptors (Lipinski definition) is 5. The van der Waals surface area contributed by atoms with E-state index in [1.165, 1.54) is 19.2 Å². The van der Waals surface area contributed by atoms with Gasteiger partial charge in [0.05, 0.1) is 30.9 Å². The van der Waals surface area contributed by atoms with E-state index >= 15 is 0 Å². The van der Waals surface area contributed by atoms with Crippen molar-refractivity contribution in [3.63, 3.8) is 0 Å². The van der Waals surface area contributed by atoms with Crippen LogP contribution in [0.2, 0.25) is 0 Å². The highest BCUT2D eigenvalue weighted by atomic mass is 32.2. The van der Waals surface area contributed by atoms with Gasteiger partial charge >= 0.3 is 0 Å². The Balaban J connectivity index is 2.22. The zero-order valence-corrected chi connectivity index (χ0v) is 14.7. The van der Waals surface area contributed by atoms with E-state index < -0.39 is 10.0 Å². The van der Waals surface area contributed by atoms with Gasteiger partial charge in [0.1, 0.15) is 5.75 Å². The molecule has 0 unspecified atom stereocenters. The average molecular weight is 351 g/mol. The molecule has 0 aliphatic heterocycles. The molecule has 0 spiro atoms. The Hall–Kier alpha value is -2.41. The van der Waals surface area contributed by atoms with Crippen molar-refractivity contribution in [2.75, 3.05) is 25.0 Å². The molecule has 0 fully saturated rings. The summed E-state index contributed by atoms with van der Waals surface area (Å²) in [5, 5.41) is 0. The second kappa shape index (κ2) is 7.92. The van der Waals surface area contributed by atoms with Gasteiger partial charge in [-0.05, 0) is 50.2 Å². The summed E-state index contributed by atoms with van der Waals surface area (Å²) in [5.41, 5.74) is 0.393. The molecule has 24 heavy (non-hydrogen) atoms. The molecule has 0 bridgehead atoms. The minimum Gasteiger partial charge on any atom is -0.494 e. The van der Waals surface area contributed by atoms with Crippen LogP contribution in [0.1, 0.15) is 13.8 Å². The highest BCUT2D eigenvalue weighted by Gasteiger charge is 2.15.